The van der Waals surface area contributed by atoms with Crippen LogP contribution in [-0.2, 0) is 11.3 Å². The molecule has 1 atom stereocenters. The number of hydrogen-bond acceptors (Lipinski definition) is 5. The van der Waals surface area contributed by atoms with Crippen LogP contribution in [0.15, 0.2) is 6.07 Å². The van der Waals surface area contributed by atoms with E-state index in [1.165, 1.54) is 13.2 Å². The van der Waals surface area contributed by atoms with Gasteiger partial charge in [0.1, 0.15) is 6.10 Å². The third-order valence-electron chi connectivity index (χ3n) is 5.99. The molecule has 0 bridgehead atoms. The van der Waals surface area contributed by atoms with Crippen molar-refractivity contribution < 1.29 is 27.4 Å². The number of alkyl halides is 2. The average Bonchev–Trinajstić information content (AvgIpc) is 3.20. The fraction of sp³-hybridized carbons (Fsp3) is 0.727. The first-order valence-electron chi connectivity index (χ1n) is 10.8. The van der Waals surface area contributed by atoms with Gasteiger partial charge in [-0.3, -0.25) is 9.69 Å². The monoisotopic (exact) mass is 443 g/mol. The van der Waals surface area contributed by atoms with Crippen LogP contribution in [0, 0.1) is 5.82 Å². The van der Waals surface area contributed by atoms with Crippen molar-refractivity contribution in [2.75, 3.05) is 13.7 Å². The highest BCUT2D eigenvalue weighted by Crippen LogP contribution is 2.35. The molecule has 2 heterocycles. The largest absolute Gasteiger partial charge is 0.481 e. The number of nitrogens with one attached hydrogen (secondary N) is 1. The van der Waals surface area contributed by atoms with Crippen LogP contribution in [0.4, 0.5) is 13.2 Å². The van der Waals surface area contributed by atoms with Crippen molar-refractivity contribution in [2.24, 2.45) is 0 Å². The Morgan fingerprint density at radius 3 is 2.55 bits per heavy atom. The van der Waals surface area contributed by atoms with E-state index in [1.54, 1.807) is 0 Å². The molecule has 0 spiro atoms. The number of halogens is 3. The number of pyridine rings is 1. The molecule has 1 amide bonds. The number of aromatic nitrogens is 1. The van der Waals surface area contributed by atoms with Crippen LogP contribution in [0.2, 0.25) is 0 Å². The van der Waals surface area contributed by atoms with Crippen molar-refractivity contribution in [1.29, 1.82) is 0 Å². The summed E-state index contributed by atoms with van der Waals surface area (Å²) in [6.07, 6.45) is 0.927. The second-order valence-corrected chi connectivity index (χ2v) is 9.36. The fourth-order valence-electron chi connectivity index (χ4n) is 4.31. The molecule has 1 aliphatic heterocycles. The minimum absolute atomic E-state index is 0.0658. The number of amides is 1. The van der Waals surface area contributed by atoms with E-state index in [9.17, 15) is 18.0 Å². The lowest BCUT2D eigenvalue weighted by molar-refractivity contribution is -0.127. The summed E-state index contributed by atoms with van der Waals surface area (Å²) in [7, 11) is 1.40. The highest BCUT2D eigenvalue weighted by atomic mass is 19.3. The minimum Gasteiger partial charge on any atom is -0.481 e. The molecule has 9 heteroatoms. The first kappa shape index (κ1) is 23.6. The average molecular weight is 444 g/mol. The van der Waals surface area contributed by atoms with Crippen LogP contribution in [0.25, 0.3) is 0 Å². The quantitative estimate of drug-likeness (QED) is 0.718. The Bertz CT molecular complexity index is 788. The van der Waals surface area contributed by atoms with Gasteiger partial charge in [-0.25, -0.2) is 13.2 Å². The topological polar surface area (TPSA) is 63.7 Å². The SMILES string of the molecule is COc1nc(OC2CCC(F)(F)CC2)c(F)cc1CNC(=O)[C@@H]1CCCN1C(C)(C)C. The number of hydrogen-bond donors (Lipinski definition) is 1. The van der Waals surface area contributed by atoms with Crippen molar-refractivity contribution >= 4 is 5.91 Å². The Morgan fingerprint density at radius 2 is 1.94 bits per heavy atom. The highest BCUT2D eigenvalue weighted by molar-refractivity contribution is 5.82. The van der Waals surface area contributed by atoms with Crippen molar-refractivity contribution in [3.05, 3.63) is 17.4 Å². The minimum atomic E-state index is -2.69. The molecular weight excluding hydrogens is 411 g/mol. The second-order valence-electron chi connectivity index (χ2n) is 9.36. The maximum Gasteiger partial charge on any atom is 0.254 e. The van der Waals surface area contributed by atoms with Gasteiger partial charge in [0.05, 0.1) is 13.2 Å². The molecule has 1 saturated heterocycles. The van der Waals surface area contributed by atoms with Crippen molar-refractivity contribution in [1.82, 2.24) is 15.2 Å². The van der Waals surface area contributed by atoms with Gasteiger partial charge in [0.25, 0.3) is 5.88 Å². The zero-order chi connectivity index (χ0) is 22.8. The molecule has 1 N–H and O–H groups in total. The standard InChI is InChI=1S/C22H32F3N3O3/c1-21(2,3)28-11-5-6-17(28)18(29)26-13-14-12-16(23)20(27-19(14)30-4)31-15-7-9-22(24,25)10-8-15/h12,15,17H,5-11,13H2,1-4H3,(H,26,29)/t17-/m0/s1. The lowest BCUT2D eigenvalue weighted by Gasteiger charge is -2.36. The summed E-state index contributed by atoms with van der Waals surface area (Å²) in [5.74, 6) is -3.64. The number of ether oxygens (including phenoxy) is 2. The predicted octanol–water partition coefficient (Wildman–Crippen LogP) is 4.07. The molecular formula is C22H32F3N3O3. The molecule has 0 radical (unpaired) electrons. The molecule has 174 valence electrons. The molecule has 1 aliphatic carbocycles. The first-order valence-corrected chi connectivity index (χ1v) is 10.8. The summed E-state index contributed by atoms with van der Waals surface area (Å²) in [5, 5.41) is 2.86. The molecule has 1 aromatic heterocycles. The third-order valence-corrected chi connectivity index (χ3v) is 5.99. The Kier molecular flexibility index (Phi) is 7.03. The molecule has 6 nitrogen and oxygen atoms in total. The van der Waals surface area contributed by atoms with E-state index in [0.29, 0.717) is 5.56 Å². The molecule has 2 aliphatic rings. The summed E-state index contributed by atoms with van der Waals surface area (Å²) in [5.41, 5.74) is 0.266. The summed E-state index contributed by atoms with van der Waals surface area (Å²) >= 11 is 0. The van der Waals surface area contributed by atoms with Gasteiger partial charge in [-0.2, -0.15) is 4.98 Å². The Labute approximate surface area is 181 Å². The van der Waals surface area contributed by atoms with Gasteiger partial charge < -0.3 is 14.8 Å². The Balaban J connectivity index is 1.64. The zero-order valence-electron chi connectivity index (χ0n) is 18.6. The maximum absolute atomic E-state index is 14.6. The van der Waals surface area contributed by atoms with Gasteiger partial charge >= 0.3 is 0 Å². The number of carbonyl (C=O) groups excluding carboxylic acids is 1. The van der Waals surface area contributed by atoms with Gasteiger partial charge in [-0.05, 0) is 59.1 Å². The first-order chi connectivity index (χ1) is 14.5. The molecule has 0 unspecified atom stereocenters. The van der Waals surface area contributed by atoms with E-state index in [0.717, 1.165) is 19.4 Å². The van der Waals surface area contributed by atoms with Crippen LogP contribution in [0.3, 0.4) is 0 Å². The van der Waals surface area contributed by atoms with Crippen LogP contribution in [0.5, 0.6) is 11.8 Å². The van der Waals surface area contributed by atoms with Gasteiger partial charge in [-0.15, -0.1) is 0 Å². The van der Waals surface area contributed by atoms with Crippen molar-refractivity contribution in [2.45, 2.75) is 89.4 Å². The van der Waals surface area contributed by atoms with E-state index in [2.05, 4.69) is 36.0 Å². The fourth-order valence-corrected chi connectivity index (χ4v) is 4.31. The van der Waals surface area contributed by atoms with Crippen molar-refractivity contribution in [3.63, 3.8) is 0 Å². The molecule has 1 aromatic rings. The number of rotatable bonds is 6. The summed E-state index contributed by atoms with van der Waals surface area (Å²) < 4.78 is 52.0. The van der Waals surface area contributed by atoms with E-state index >= 15 is 0 Å². The number of nitrogens with zero attached hydrogens (tertiary/aromatic N) is 2. The summed E-state index contributed by atoms with van der Waals surface area (Å²) in [6.45, 7) is 7.16. The highest BCUT2D eigenvalue weighted by Gasteiger charge is 2.38. The van der Waals surface area contributed by atoms with E-state index in [-0.39, 0.29) is 61.5 Å². The number of carbonyl (C=O) groups is 1. The maximum atomic E-state index is 14.6. The normalized spacial score (nSPS) is 22.4. The van der Waals surface area contributed by atoms with E-state index < -0.39 is 17.8 Å². The summed E-state index contributed by atoms with van der Waals surface area (Å²) in [4.78, 5) is 19.0. The van der Waals surface area contributed by atoms with E-state index in [4.69, 9.17) is 9.47 Å². The predicted molar refractivity (Wildman–Crippen MR) is 110 cm³/mol. The zero-order valence-corrected chi connectivity index (χ0v) is 18.6. The van der Waals surface area contributed by atoms with Crippen LogP contribution >= 0.6 is 0 Å². The lowest BCUT2D eigenvalue weighted by atomic mass is 9.94. The molecule has 31 heavy (non-hydrogen) atoms. The van der Waals surface area contributed by atoms with Gasteiger partial charge in [0.2, 0.25) is 17.7 Å². The molecule has 2 fully saturated rings. The Hall–Kier alpha value is -2.03. The summed E-state index contributed by atoms with van der Waals surface area (Å²) in [6, 6.07) is 0.991. The molecule has 1 saturated carbocycles. The molecule has 0 aromatic carbocycles. The number of likely N-dealkylation sites (tertiary alicyclic amines) is 1. The lowest BCUT2D eigenvalue weighted by Crippen LogP contribution is -2.51. The molecule has 3 rings (SSSR count). The second kappa shape index (κ2) is 9.22. The van der Waals surface area contributed by atoms with Crippen LogP contribution in [-0.4, -0.2) is 53.1 Å². The Morgan fingerprint density at radius 1 is 1.26 bits per heavy atom. The van der Waals surface area contributed by atoms with Crippen molar-refractivity contribution in [3.8, 4) is 11.8 Å². The van der Waals surface area contributed by atoms with Gasteiger partial charge in [0, 0.05) is 30.5 Å². The van der Waals surface area contributed by atoms with Crippen LogP contribution < -0.4 is 14.8 Å². The third kappa shape index (κ3) is 5.81. The smallest absolute Gasteiger partial charge is 0.254 e. The van der Waals surface area contributed by atoms with Gasteiger partial charge in [-0.1, -0.05) is 0 Å². The van der Waals surface area contributed by atoms with E-state index in [1.807, 2.05) is 0 Å². The van der Waals surface area contributed by atoms with Gasteiger partial charge in [0.15, 0.2) is 5.82 Å². The number of methoxy groups -OCH3 is 1. The van der Waals surface area contributed by atoms with Crippen LogP contribution in [0.1, 0.15) is 64.9 Å².